The topological polar surface area (TPSA) is 98.3 Å². The zero-order valence-corrected chi connectivity index (χ0v) is 10.5. The van der Waals surface area contributed by atoms with Gasteiger partial charge in [0.15, 0.2) is 0 Å². The van der Waals surface area contributed by atoms with Crippen LogP contribution < -0.4 is 11.1 Å². The number of nitro groups is 1. The molecular formula is C8H10ClF2N3O3S. The van der Waals surface area contributed by atoms with Crippen molar-refractivity contribution in [3.05, 3.63) is 27.1 Å². The van der Waals surface area contributed by atoms with E-state index in [9.17, 15) is 23.7 Å². The lowest BCUT2D eigenvalue weighted by Gasteiger charge is -2.13. The highest BCUT2D eigenvalue weighted by molar-refractivity contribution is 7.13. The molecule has 0 bridgehead atoms. The summed E-state index contributed by atoms with van der Waals surface area (Å²) in [4.78, 5) is 21.0. The summed E-state index contributed by atoms with van der Waals surface area (Å²) in [7, 11) is 0. The molecule has 1 rings (SSSR count). The number of nitrogens with zero attached hydrogens (tertiary/aromatic N) is 1. The molecule has 10 heteroatoms. The predicted molar refractivity (Wildman–Crippen MR) is 64.6 cm³/mol. The minimum atomic E-state index is -3.18. The van der Waals surface area contributed by atoms with E-state index >= 15 is 0 Å². The number of hydrogen-bond acceptors (Lipinski definition) is 5. The standard InChI is InChI=1S/C8H9F2N3O3S.ClH/c9-8(10,3-11)4-12-7(14)5-1-6(13(15)16)17-2-5;/h1-2H,3-4,11H2,(H,12,14);1H. The lowest BCUT2D eigenvalue weighted by Crippen LogP contribution is -2.41. The van der Waals surface area contributed by atoms with Gasteiger partial charge in [0.2, 0.25) is 0 Å². The summed E-state index contributed by atoms with van der Waals surface area (Å²) in [6.45, 7) is -1.77. The Labute approximate surface area is 111 Å². The monoisotopic (exact) mass is 301 g/mol. The number of carbonyl (C=O) groups is 1. The van der Waals surface area contributed by atoms with Crippen molar-refractivity contribution in [2.45, 2.75) is 5.92 Å². The molecule has 0 aliphatic heterocycles. The summed E-state index contributed by atoms with van der Waals surface area (Å²) in [6.07, 6.45) is 0. The molecule has 3 N–H and O–H groups in total. The van der Waals surface area contributed by atoms with E-state index in [1.807, 2.05) is 5.32 Å². The zero-order chi connectivity index (χ0) is 13.1. The van der Waals surface area contributed by atoms with Crippen molar-refractivity contribution in [1.82, 2.24) is 5.32 Å². The van der Waals surface area contributed by atoms with E-state index in [0.29, 0.717) is 0 Å². The number of alkyl halides is 2. The molecule has 0 aliphatic rings. The smallest absolute Gasteiger partial charge is 0.324 e. The maximum absolute atomic E-state index is 12.7. The maximum atomic E-state index is 12.7. The van der Waals surface area contributed by atoms with Crippen LogP contribution in [0.4, 0.5) is 13.8 Å². The molecule has 0 unspecified atom stereocenters. The molecule has 6 nitrogen and oxygen atoms in total. The molecule has 1 aromatic rings. The molecule has 0 spiro atoms. The molecule has 0 aromatic carbocycles. The van der Waals surface area contributed by atoms with Crippen LogP contribution in [0.2, 0.25) is 0 Å². The molecule has 0 atom stereocenters. The van der Waals surface area contributed by atoms with Gasteiger partial charge in [-0.15, -0.1) is 12.4 Å². The summed E-state index contributed by atoms with van der Waals surface area (Å²) in [5, 5.41) is 13.3. The molecular weight excluding hydrogens is 292 g/mol. The van der Waals surface area contributed by atoms with Gasteiger partial charge >= 0.3 is 5.00 Å². The van der Waals surface area contributed by atoms with Crippen LogP contribution in [0.25, 0.3) is 0 Å². The van der Waals surface area contributed by atoms with Gasteiger partial charge in [-0.1, -0.05) is 11.3 Å². The van der Waals surface area contributed by atoms with Crippen molar-refractivity contribution in [2.24, 2.45) is 5.73 Å². The van der Waals surface area contributed by atoms with Gasteiger partial charge in [0.25, 0.3) is 11.8 Å². The van der Waals surface area contributed by atoms with Crippen LogP contribution in [0.1, 0.15) is 10.4 Å². The van der Waals surface area contributed by atoms with Crippen LogP contribution >= 0.6 is 23.7 Å². The maximum Gasteiger partial charge on any atom is 0.324 e. The third-order valence-electron chi connectivity index (χ3n) is 1.83. The van der Waals surface area contributed by atoms with Crippen LogP contribution in [0.15, 0.2) is 11.4 Å². The molecule has 18 heavy (non-hydrogen) atoms. The average molecular weight is 302 g/mol. The van der Waals surface area contributed by atoms with Crippen LogP contribution in [-0.4, -0.2) is 29.8 Å². The summed E-state index contributed by atoms with van der Waals surface area (Å²) in [5.74, 6) is -3.97. The van der Waals surface area contributed by atoms with E-state index in [-0.39, 0.29) is 23.0 Å². The third-order valence-corrected chi connectivity index (χ3v) is 2.71. The fraction of sp³-hybridized carbons (Fsp3) is 0.375. The van der Waals surface area contributed by atoms with Crippen LogP contribution in [-0.2, 0) is 0 Å². The van der Waals surface area contributed by atoms with Crippen LogP contribution in [0.5, 0.6) is 0 Å². The first-order valence-corrected chi connectivity index (χ1v) is 5.33. The Morgan fingerprint density at radius 3 is 2.67 bits per heavy atom. The number of amides is 1. The second-order valence-electron chi connectivity index (χ2n) is 3.17. The number of nitrogens with one attached hydrogen (secondary N) is 1. The van der Waals surface area contributed by atoms with E-state index in [2.05, 4.69) is 0 Å². The predicted octanol–water partition coefficient (Wildman–Crippen LogP) is 1.40. The number of thiophene rings is 1. The lowest BCUT2D eigenvalue weighted by atomic mass is 10.3. The fourth-order valence-electron chi connectivity index (χ4n) is 0.924. The number of rotatable bonds is 5. The van der Waals surface area contributed by atoms with Crippen LogP contribution in [0.3, 0.4) is 0 Å². The highest BCUT2D eigenvalue weighted by atomic mass is 35.5. The minimum absolute atomic E-state index is 0. The Morgan fingerprint density at radius 1 is 1.61 bits per heavy atom. The van der Waals surface area contributed by atoms with Gasteiger partial charge in [-0.3, -0.25) is 14.9 Å². The minimum Gasteiger partial charge on any atom is -0.346 e. The fourth-order valence-corrected chi connectivity index (χ4v) is 1.63. The molecule has 0 aliphatic carbocycles. The average Bonchev–Trinajstić information content (AvgIpc) is 2.75. The molecule has 1 amide bonds. The van der Waals surface area contributed by atoms with E-state index in [1.165, 1.54) is 5.38 Å². The number of nitrogens with two attached hydrogens (primary N) is 1. The number of halogens is 3. The second-order valence-corrected chi connectivity index (χ2v) is 4.06. The van der Waals surface area contributed by atoms with Gasteiger partial charge in [-0.05, 0) is 0 Å². The van der Waals surface area contributed by atoms with E-state index < -0.39 is 29.8 Å². The van der Waals surface area contributed by atoms with Crippen molar-refractivity contribution < 1.29 is 18.5 Å². The van der Waals surface area contributed by atoms with E-state index in [4.69, 9.17) is 5.73 Å². The summed E-state index contributed by atoms with van der Waals surface area (Å²) >= 11 is 0.753. The van der Waals surface area contributed by atoms with Crippen molar-refractivity contribution in [3.8, 4) is 0 Å². The van der Waals surface area contributed by atoms with E-state index in [0.717, 1.165) is 17.4 Å². The highest BCUT2D eigenvalue weighted by Gasteiger charge is 2.27. The van der Waals surface area contributed by atoms with Crippen LogP contribution in [0, 0.1) is 10.1 Å². The van der Waals surface area contributed by atoms with Gasteiger partial charge in [0.05, 0.1) is 23.6 Å². The van der Waals surface area contributed by atoms with Gasteiger partial charge in [0.1, 0.15) is 0 Å². The Hall–Kier alpha value is -1.32. The lowest BCUT2D eigenvalue weighted by molar-refractivity contribution is -0.380. The Bertz CT molecular complexity index is 441. The SMILES string of the molecule is Cl.NCC(F)(F)CNC(=O)c1csc([N+](=O)[O-])c1. The summed E-state index contributed by atoms with van der Waals surface area (Å²) in [5.41, 5.74) is 4.77. The summed E-state index contributed by atoms with van der Waals surface area (Å²) < 4.78 is 25.4. The number of carbonyl (C=O) groups excluding carboxylic acids is 1. The zero-order valence-electron chi connectivity index (χ0n) is 8.89. The third kappa shape index (κ3) is 4.51. The Morgan fingerprint density at radius 2 is 2.22 bits per heavy atom. The normalized spacial score (nSPS) is 10.6. The van der Waals surface area contributed by atoms with Gasteiger partial charge < -0.3 is 11.1 Å². The first-order valence-electron chi connectivity index (χ1n) is 4.45. The van der Waals surface area contributed by atoms with E-state index in [1.54, 1.807) is 0 Å². The molecule has 0 saturated carbocycles. The largest absolute Gasteiger partial charge is 0.346 e. The molecule has 0 saturated heterocycles. The first-order chi connectivity index (χ1) is 7.85. The second kappa shape index (κ2) is 6.57. The summed E-state index contributed by atoms with van der Waals surface area (Å²) in [6, 6.07) is 1.03. The molecule has 1 heterocycles. The van der Waals surface area contributed by atoms with Gasteiger partial charge in [-0.25, -0.2) is 8.78 Å². The van der Waals surface area contributed by atoms with Crippen molar-refractivity contribution in [2.75, 3.05) is 13.1 Å². The Balaban J connectivity index is 0.00000289. The molecule has 0 fully saturated rings. The van der Waals surface area contributed by atoms with Gasteiger partial charge in [-0.2, -0.15) is 0 Å². The molecule has 0 radical (unpaired) electrons. The van der Waals surface area contributed by atoms with Gasteiger partial charge in [0, 0.05) is 11.4 Å². The highest BCUT2D eigenvalue weighted by Crippen LogP contribution is 2.22. The molecule has 1 aromatic heterocycles. The first kappa shape index (κ1) is 16.7. The Kier molecular flexibility index (Phi) is 6.09. The molecule has 102 valence electrons. The quantitative estimate of drug-likeness (QED) is 0.634. The number of hydrogen-bond donors (Lipinski definition) is 2. The van der Waals surface area contributed by atoms with Crippen molar-refractivity contribution in [1.29, 1.82) is 0 Å². The van der Waals surface area contributed by atoms with Crippen molar-refractivity contribution in [3.63, 3.8) is 0 Å². The van der Waals surface area contributed by atoms with Crippen molar-refractivity contribution >= 4 is 34.7 Å².